The highest BCUT2D eigenvalue weighted by molar-refractivity contribution is 7.89. The zero-order valence-corrected chi connectivity index (χ0v) is 19.2. The van der Waals surface area contributed by atoms with Crippen LogP contribution in [0.15, 0.2) is 41.3 Å². The molecule has 8 nitrogen and oxygen atoms in total. The van der Waals surface area contributed by atoms with Crippen LogP contribution in [0, 0.1) is 19.8 Å². The van der Waals surface area contributed by atoms with E-state index in [1.165, 1.54) is 10.4 Å². The molecule has 2 heterocycles. The molecule has 0 bridgehead atoms. The van der Waals surface area contributed by atoms with Crippen LogP contribution < -0.4 is 15.4 Å². The molecule has 2 aromatic carbocycles. The highest BCUT2D eigenvalue weighted by atomic mass is 32.2. The van der Waals surface area contributed by atoms with Crippen molar-refractivity contribution in [2.75, 3.05) is 23.7 Å². The Morgan fingerprint density at radius 1 is 1.19 bits per heavy atom. The number of aryl methyl sites for hydroxylation is 2. The number of benzene rings is 2. The number of sulfonamides is 1. The lowest BCUT2D eigenvalue weighted by Crippen LogP contribution is -2.44. The Balaban J connectivity index is 1.55. The normalized spacial score (nSPS) is 21.3. The number of nitrogens with one attached hydrogen (secondary N) is 2. The molecule has 2 aliphatic rings. The molecule has 1 fully saturated rings. The molecule has 0 saturated carbocycles. The molecule has 170 valence electrons. The van der Waals surface area contributed by atoms with Gasteiger partial charge in [0, 0.05) is 24.8 Å². The molecule has 2 amide bonds. The zero-order valence-electron chi connectivity index (χ0n) is 18.3. The van der Waals surface area contributed by atoms with Crippen molar-refractivity contribution >= 4 is 33.2 Å². The van der Waals surface area contributed by atoms with Crippen LogP contribution in [0.4, 0.5) is 11.4 Å². The second kappa shape index (κ2) is 8.55. The van der Waals surface area contributed by atoms with E-state index >= 15 is 0 Å². The minimum absolute atomic E-state index is 0.116. The molecule has 32 heavy (non-hydrogen) atoms. The third-order valence-electron chi connectivity index (χ3n) is 5.98. The lowest BCUT2D eigenvalue weighted by Gasteiger charge is -2.32. The molecule has 2 N–H and O–H groups in total. The Labute approximate surface area is 188 Å². The summed E-state index contributed by atoms with van der Waals surface area (Å²) in [6, 6.07) is 10.6. The number of carbonyl (C=O) groups is 2. The molecule has 2 atom stereocenters. The van der Waals surface area contributed by atoms with Gasteiger partial charge in [-0.2, -0.15) is 4.31 Å². The van der Waals surface area contributed by atoms with Gasteiger partial charge < -0.3 is 15.4 Å². The number of hydrogen-bond acceptors (Lipinski definition) is 5. The maximum absolute atomic E-state index is 13.5. The highest BCUT2D eigenvalue weighted by Gasteiger charge is 2.35. The predicted molar refractivity (Wildman–Crippen MR) is 121 cm³/mol. The molecule has 4 rings (SSSR count). The smallest absolute Gasteiger partial charge is 0.265 e. The molecule has 1 saturated heterocycles. The maximum Gasteiger partial charge on any atom is 0.265 e. The Bertz CT molecular complexity index is 1180. The average molecular weight is 458 g/mol. The number of carbonyl (C=O) groups excluding carboxylic acids is 2. The van der Waals surface area contributed by atoms with E-state index in [4.69, 9.17) is 4.74 Å². The van der Waals surface area contributed by atoms with Crippen molar-refractivity contribution in [3.05, 3.63) is 47.5 Å². The lowest BCUT2D eigenvalue weighted by atomic mass is 9.98. The van der Waals surface area contributed by atoms with Gasteiger partial charge in [-0.05, 0) is 56.9 Å². The Morgan fingerprint density at radius 2 is 1.94 bits per heavy atom. The quantitative estimate of drug-likeness (QED) is 0.734. The molecule has 0 unspecified atom stereocenters. The van der Waals surface area contributed by atoms with Crippen molar-refractivity contribution in [3.8, 4) is 5.75 Å². The lowest BCUT2D eigenvalue weighted by molar-refractivity contribution is -0.123. The molecule has 9 heteroatoms. The van der Waals surface area contributed by atoms with Gasteiger partial charge in [-0.15, -0.1) is 0 Å². The van der Waals surface area contributed by atoms with Gasteiger partial charge in [-0.25, -0.2) is 8.42 Å². The van der Waals surface area contributed by atoms with Crippen LogP contribution >= 0.6 is 0 Å². The van der Waals surface area contributed by atoms with Crippen LogP contribution in [0.5, 0.6) is 5.75 Å². The van der Waals surface area contributed by atoms with Crippen LogP contribution in [0.1, 0.15) is 30.9 Å². The van der Waals surface area contributed by atoms with E-state index in [0.29, 0.717) is 36.4 Å². The molecular weight excluding hydrogens is 430 g/mol. The second-order valence-electron chi connectivity index (χ2n) is 8.37. The molecule has 2 aliphatic heterocycles. The van der Waals surface area contributed by atoms with Gasteiger partial charge in [-0.3, -0.25) is 9.59 Å². The number of nitrogens with zero attached hydrogens (tertiary/aromatic N) is 1. The summed E-state index contributed by atoms with van der Waals surface area (Å²) in [5.74, 6) is -0.564. The van der Waals surface area contributed by atoms with Gasteiger partial charge >= 0.3 is 0 Å². The zero-order chi connectivity index (χ0) is 23.0. The Morgan fingerprint density at radius 3 is 2.69 bits per heavy atom. The van der Waals surface area contributed by atoms with Crippen molar-refractivity contribution in [3.63, 3.8) is 0 Å². The summed E-state index contributed by atoms with van der Waals surface area (Å²) >= 11 is 0. The first-order chi connectivity index (χ1) is 15.2. The molecule has 0 spiro atoms. The first kappa shape index (κ1) is 22.3. The summed E-state index contributed by atoms with van der Waals surface area (Å²) in [6.07, 6.45) is 0.517. The minimum Gasteiger partial charge on any atom is -0.479 e. The van der Waals surface area contributed by atoms with E-state index in [-0.39, 0.29) is 23.3 Å². The topological polar surface area (TPSA) is 105 Å². The molecule has 2 aromatic rings. The van der Waals surface area contributed by atoms with Gasteiger partial charge in [0.25, 0.3) is 5.91 Å². The van der Waals surface area contributed by atoms with E-state index in [1.807, 2.05) is 31.2 Å². The monoisotopic (exact) mass is 457 g/mol. The van der Waals surface area contributed by atoms with Crippen molar-refractivity contribution < 1.29 is 22.7 Å². The molecule has 0 aliphatic carbocycles. The fourth-order valence-electron chi connectivity index (χ4n) is 4.08. The van der Waals surface area contributed by atoms with E-state index < -0.39 is 22.0 Å². The van der Waals surface area contributed by atoms with Crippen LogP contribution in [0.3, 0.4) is 0 Å². The largest absolute Gasteiger partial charge is 0.479 e. The number of ether oxygens (including phenoxy) is 1. The van der Waals surface area contributed by atoms with Crippen molar-refractivity contribution in [1.82, 2.24) is 4.31 Å². The van der Waals surface area contributed by atoms with E-state index in [1.54, 1.807) is 19.9 Å². The van der Waals surface area contributed by atoms with E-state index in [0.717, 1.165) is 11.3 Å². The SMILES string of the molecule is Cc1ccccc1NC(=O)[C@@H]1CCCN(S(=O)(=O)c2cc3c(cc2C)NC(=O)[C@H](C)O3)C1. The number of hydrogen-bond donors (Lipinski definition) is 2. The van der Waals surface area contributed by atoms with Crippen LogP contribution in [-0.2, 0) is 19.6 Å². The summed E-state index contributed by atoms with van der Waals surface area (Å²) in [4.78, 5) is 24.8. The van der Waals surface area contributed by atoms with Crippen molar-refractivity contribution in [2.24, 2.45) is 5.92 Å². The van der Waals surface area contributed by atoms with Gasteiger partial charge in [0.05, 0.1) is 16.5 Å². The van der Waals surface area contributed by atoms with E-state index in [2.05, 4.69) is 10.6 Å². The van der Waals surface area contributed by atoms with Crippen LogP contribution in [-0.4, -0.2) is 43.7 Å². The maximum atomic E-state index is 13.5. The van der Waals surface area contributed by atoms with Gasteiger partial charge in [0.1, 0.15) is 5.75 Å². The summed E-state index contributed by atoms with van der Waals surface area (Å²) < 4.78 is 33.9. The van der Waals surface area contributed by atoms with Crippen molar-refractivity contribution in [1.29, 1.82) is 0 Å². The summed E-state index contributed by atoms with van der Waals surface area (Å²) in [5, 5.41) is 5.67. The number of anilines is 2. The van der Waals surface area contributed by atoms with E-state index in [9.17, 15) is 18.0 Å². The predicted octanol–water partition coefficient (Wildman–Crippen LogP) is 3.06. The fourth-order valence-corrected chi connectivity index (χ4v) is 5.83. The summed E-state index contributed by atoms with van der Waals surface area (Å²) in [7, 11) is -3.84. The fraction of sp³-hybridized carbons (Fsp3) is 0.391. The standard InChI is InChI=1S/C23H27N3O5S/c1-14-7-4-5-9-18(14)24-23(28)17-8-6-10-26(13-17)32(29,30)21-12-20-19(11-15(21)2)25-22(27)16(3)31-20/h4-5,7,9,11-12,16-17H,6,8,10,13H2,1-3H3,(H,24,28)(H,25,27)/t16-,17+/m0/s1. The molecule has 0 radical (unpaired) electrons. The third-order valence-corrected chi connectivity index (χ3v) is 7.99. The van der Waals surface area contributed by atoms with Gasteiger partial charge in [-0.1, -0.05) is 18.2 Å². The minimum atomic E-state index is -3.84. The number of para-hydroxylation sites is 1. The highest BCUT2D eigenvalue weighted by Crippen LogP contribution is 2.36. The Kier molecular flexibility index (Phi) is 5.96. The second-order valence-corrected chi connectivity index (χ2v) is 10.3. The van der Waals surface area contributed by atoms with Gasteiger partial charge in [0.2, 0.25) is 15.9 Å². The number of piperidine rings is 1. The molecule has 0 aromatic heterocycles. The average Bonchev–Trinajstić information content (AvgIpc) is 2.76. The Hall–Kier alpha value is -2.91. The number of rotatable bonds is 4. The number of fused-ring (bicyclic) bond motifs is 1. The first-order valence-electron chi connectivity index (χ1n) is 10.7. The van der Waals surface area contributed by atoms with Crippen LogP contribution in [0.25, 0.3) is 0 Å². The summed E-state index contributed by atoms with van der Waals surface area (Å²) in [5.41, 5.74) is 2.65. The summed E-state index contributed by atoms with van der Waals surface area (Å²) in [6.45, 7) is 5.67. The number of amides is 2. The van der Waals surface area contributed by atoms with Gasteiger partial charge in [0.15, 0.2) is 6.10 Å². The molecular formula is C23H27N3O5S. The third kappa shape index (κ3) is 4.22. The van der Waals surface area contributed by atoms with Crippen molar-refractivity contribution in [2.45, 2.75) is 44.6 Å². The van der Waals surface area contributed by atoms with Crippen LogP contribution in [0.2, 0.25) is 0 Å². The first-order valence-corrected chi connectivity index (χ1v) is 12.1.